The van der Waals surface area contributed by atoms with Crippen LogP contribution in [0.25, 0.3) is 0 Å². The van der Waals surface area contributed by atoms with Crippen molar-refractivity contribution in [2.75, 3.05) is 5.43 Å². The first-order valence-electron chi connectivity index (χ1n) is 8.85. The molecule has 0 radical (unpaired) electrons. The van der Waals surface area contributed by atoms with Gasteiger partial charge in [0.05, 0.1) is 6.04 Å². The van der Waals surface area contributed by atoms with Crippen molar-refractivity contribution in [1.82, 2.24) is 20.2 Å². The van der Waals surface area contributed by atoms with E-state index in [1.807, 2.05) is 54.1 Å². The molecule has 2 atom stereocenters. The molecular formula is C20H21N5OS. The lowest BCUT2D eigenvalue weighted by molar-refractivity contribution is -0.121. The second-order valence-electron chi connectivity index (χ2n) is 6.62. The number of rotatable bonds is 4. The van der Waals surface area contributed by atoms with Gasteiger partial charge in [0.15, 0.2) is 0 Å². The van der Waals surface area contributed by atoms with Crippen molar-refractivity contribution >= 4 is 17.7 Å². The number of benzene rings is 2. The van der Waals surface area contributed by atoms with Gasteiger partial charge in [0.2, 0.25) is 11.1 Å². The summed E-state index contributed by atoms with van der Waals surface area (Å²) in [4.78, 5) is 13.0. The Hall–Kier alpha value is -2.80. The lowest BCUT2D eigenvalue weighted by atomic mass is 10.0. The molecule has 6 nitrogen and oxygen atoms in total. The molecule has 138 valence electrons. The van der Waals surface area contributed by atoms with Crippen molar-refractivity contribution in [2.45, 2.75) is 36.8 Å². The highest BCUT2D eigenvalue weighted by Gasteiger charge is 2.37. The van der Waals surface area contributed by atoms with Gasteiger partial charge in [-0.3, -0.25) is 4.79 Å². The Morgan fingerprint density at radius 1 is 1.11 bits per heavy atom. The van der Waals surface area contributed by atoms with Crippen LogP contribution in [-0.2, 0) is 11.3 Å². The van der Waals surface area contributed by atoms with E-state index in [0.717, 1.165) is 17.0 Å². The molecule has 27 heavy (non-hydrogen) atoms. The third-order valence-corrected chi connectivity index (χ3v) is 5.82. The number of thioether (sulfide) groups is 1. The molecule has 0 saturated heterocycles. The Morgan fingerprint density at radius 3 is 2.59 bits per heavy atom. The summed E-state index contributed by atoms with van der Waals surface area (Å²) in [6.45, 7) is 4.45. The predicted molar refractivity (Wildman–Crippen MR) is 106 cm³/mol. The molecule has 2 N–H and O–H groups in total. The van der Waals surface area contributed by atoms with Crippen LogP contribution in [0.1, 0.15) is 28.6 Å². The fourth-order valence-electron chi connectivity index (χ4n) is 3.07. The Balaban J connectivity index is 1.56. The van der Waals surface area contributed by atoms with Crippen LogP contribution in [0.4, 0.5) is 0 Å². The van der Waals surface area contributed by atoms with E-state index >= 15 is 0 Å². The number of carbonyl (C=O) groups is 1. The van der Waals surface area contributed by atoms with E-state index in [-0.39, 0.29) is 17.2 Å². The van der Waals surface area contributed by atoms with E-state index in [2.05, 4.69) is 40.0 Å². The second kappa shape index (κ2) is 7.44. The van der Waals surface area contributed by atoms with Gasteiger partial charge in [0.1, 0.15) is 11.1 Å². The van der Waals surface area contributed by atoms with E-state index in [0.29, 0.717) is 11.7 Å². The third kappa shape index (κ3) is 3.68. The average Bonchev–Trinajstić information content (AvgIpc) is 3.07. The van der Waals surface area contributed by atoms with E-state index in [1.165, 1.54) is 17.3 Å². The minimum absolute atomic E-state index is 0.0196. The van der Waals surface area contributed by atoms with Gasteiger partial charge in [-0.1, -0.05) is 71.9 Å². The molecule has 1 aromatic heterocycles. The van der Waals surface area contributed by atoms with Crippen LogP contribution in [0.15, 0.2) is 59.8 Å². The molecule has 0 bridgehead atoms. The molecule has 7 heteroatoms. The first-order chi connectivity index (χ1) is 13.1. The zero-order chi connectivity index (χ0) is 18.8. The highest BCUT2D eigenvalue weighted by Crippen LogP contribution is 2.36. The SMILES string of the molecule is Cc1ccc(CNC(=O)[C@@H]2Sc3nnc(C)n3N[C@@H]2c2ccccc2)cc1. The maximum atomic E-state index is 13.0. The van der Waals surface area contributed by atoms with E-state index in [9.17, 15) is 4.79 Å². The molecule has 2 aromatic carbocycles. The summed E-state index contributed by atoms with van der Waals surface area (Å²) in [5.74, 6) is 0.755. The Morgan fingerprint density at radius 2 is 1.85 bits per heavy atom. The summed E-state index contributed by atoms with van der Waals surface area (Å²) in [6, 6.07) is 18.0. The number of nitrogens with one attached hydrogen (secondary N) is 2. The number of carbonyl (C=O) groups excluding carboxylic acids is 1. The summed E-state index contributed by atoms with van der Waals surface area (Å²) >= 11 is 1.44. The molecule has 0 fully saturated rings. The van der Waals surface area contributed by atoms with Crippen LogP contribution in [0, 0.1) is 13.8 Å². The minimum Gasteiger partial charge on any atom is -0.351 e. The fourth-order valence-corrected chi connectivity index (χ4v) is 4.22. The summed E-state index contributed by atoms with van der Waals surface area (Å²) < 4.78 is 1.85. The molecule has 3 aromatic rings. The van der Waals surface area contributed by atoms with Crippen molar-refractivity contribution in [3.63, 3.8) is 0 Å². The first-order valence-corrected chi connectivity index (χ1v) is 9.73. The lowest BCUT2D eigenvalue weighted by Crippen LogP contribution is -2.44. The van der Waals surface area contributed by atoms with E-state index in [1.54, 1.807) is 0 Å². The topological polar surface area (TPSA) is 71.8 Å². The summed E-state index contributed by atoms with van der Waals surface area (Å²) in [5, 5.41) is 11.7. The maximum Gasteiger partial charge on any atom is 0.236 e. The number of amides is 1. The van der Waals surface area contributed by atoms with Crippen molar-refractivity contribution in [1.29, 1.82) is 0 Å². The van der Waals surface area contributed by atoms with Crippen molar-refractivity contribution < 1.29 is 4.79 Å². The summed E-state index contributed by atoms with van der Waals surface area (Å²) in [7, 11) is 0. The number of hydrogen-bond donors (Lipinski definition) is 2. The van der Waals surface area contributed by atoms with Gasteiger partial charge in [-0.05, 0) is 25.0 Å². The largest absolute Gasteiger partial charge is 0.351 e. The fraction of sp³-hybridized carbons (Fsp3) is 0.250. The highest BCUT2D eigenvalue weighted by molar-refractivity contribution is 8.00. The van der Waals surface area contributed by atoms with Gasteiger partial charge < -0.3 is 10.7 Å². The highest BCUT2D eigenvalue weighted by atomic mass is 32.2. The summed E-state index contributed by atoms with van der Waals surface area (Å²) in [6.07, 6.45) is 0. The van der Waals surface area contributed by atoms with Crippen molar-refractivity contribution in [2.24, 2.45) is 0 Å². The van der Waals surface area contributed by atoms with E-state index in [4.69, 9.17) is 0 Å². The molecule has 2 heterocycles. The lowest BCUT2D eigenvalue weighted by Gasteiger charge is -2.32. The van der Waals surface area contributed by atoms with Gasteiger partial charge >= 0.3 is 0 Å². The Bertz CT molecular complexity index is 939. The van der Waals surface area contributed by atoms with Gasteiger partial charge in [-0.25, -0.2) is 4.68 Å². The molecular weight excluding hydrogens is 358 g/mol. The van der Waals surface area contributed by atoms with Gasteiger partial charge in [-0.15, -0.1) is 10.2 Å². The maximum absolute atomic E-state index is 13.0. The monoisotopic (exact) mass is 379 g/mol. The summed E-state index contributed by atoms with van der Waals surface area (Å²) in [5.41, 5.74) is 6.75. The number of aryl methyl sites for hydroxylation is 2. The van der Waals surface area contributed by atoms with Gasteiger partial charge in [-0.2, -0.15) is 0 Å². The van der Waals surface area contributed by atoms with Crippen LogP contribution >= 0.6 is 11.8 Å². The van der Waals surface area contributed by atoms with Gasteiger partial charge in [0.25, 0.3) is 0 Å². The number of fused-ring (bicyclic) bond motifs is 1. The molecule has 1 amide bonds. The molecule has 0 unspecified atom stereocenters. The van der Waals surface area contributed by atoms with Crippen molar-refractivity contribution in [3.05, 3.63) is 77.1 Å². The molecule has 0 spiro atoms. The van der Waals surface area contributed by atoms with Crippen LogP contribution in [0.2, 0.25) is 0 Å². The number of nitrogens with zero attached hydrogens (tertiary/aromatic N) is 3. The van der Waals surface area contributed by atoms with Crippen LogP contribution in [-0.4, -0.2) is 26.0 Å². The van der Waals surface area contributed by atoms with Crippen molar-refractivity contribution in [3.8, 4) is 0 Å². The van der Waals surface area contributed by atoms with E-state index < -0.39 is 0 Å². The third-order valence-electron chi connectivity index (χ3n) is 4.60. The first kappa shape index (κ1) is 17.6. The average molecular weight is 379 g/mol. The van der Waals surface area contributed by atoms with Gasteiger partial charge in [0, 0.05) is 6.54 Å². The molecule has 4 rings (SSSR count). The predicted octanol–water partition coefficient (Wildman–Crippen LogP) is 2.97. The zero-order valence-electron chi connectivity index (χ0n) is 15.2. The molecule has 1 aliphatic heterocycles. The Labute approximate surface area is 162 Å². The quantitative estimate of drug-likeness (QED) is 0.729. The molecule has 0 aliphatic carbocycles. The second-order valence-corrected chi connectivity index (χ2v) is 7.73. The standard InChI is InChI=1S/C20H21N5OS/c1-13-8-10-15(11-9-13)12-21-19(26)18-17(16-6-4-3-5-7-16)24-25-14(2)22-23-20(25)27-18/h3-11,17-18,24H,12H2,1-2H3,(H,21,26)/t17-,18-/m1/s1. The smallest absolute Gasteiger partial charge is 0.236 e. The molecule has 0 saturated carbocycles. The Kier molecular flexibility index (Phi) is 4.85. The number of aromatic nitrogens is 3. The minimum atomic E-state index is -0.339. The molecule has 1 aliphatic rings. The van der Waals surface area contributed by atoms with Crippen LogP contribution < -0.4 is 10.7 Å². The normalized spacial score (nSPS) is 18.4. The van der Waals surface area contributed by atoms with Crippen LogP contribution in [0.3, 0.4) is 0 Å². The zero-order valence-corrected chi connectivity index (χ0v) is 16.0. The number of hydrogen-bond acceptors (Lipinski definition) is 5. The van der Waals surface area contributed by atoms with Crippen LogP contribution in [0.5, 0.6) is 0 Å².